The van der Waals surface area contributed by atoms with Gasteiger partial charge in [0, 0.05) is 36.5 Å². The second-order valence-electron chi connectivity index (χ2n) is 3.60. The van der Waals surface area contributed by atoms with E-state index >= 15 is 0 Å². The van der Waals surface area contributed by atoms with Gasteiger partial charge in [0.05, 0.1) is 0 Å². The third kappa shape index (κ3) is 5.25. The predicted octanol–water partition coefficient (Wildman–Crippen LogP) is 1.89. The van der Waals surface area contributed by atoms with Crippen molar-refractivity contribution in [2.45, 2.75) is 13.5 Å². The van der Waals surface area contributed by atoms with Crippen molar-refractivity contribution in [3.05, 3.63) is 28.5 Å². The lowest BCUT2D eigenvalue weighted by molar-refractivity contribution is 0.325. The van der Waals surface area contributed by atoms with E-state index in [0.717, 1.165) is 30.7 Å². The highest BCUT2D eigenvalue weighted by Crippen LogP contribution is 2.10. The number of likely N-dealkylation sites (N-methyl/N-ethyl adjacent to an activating group) is 2. The van der Waals surface area contributed by atoms with Crippen LogP contribution in [0, 0.1) is 0 Å². The summed E-state index contributed by atoms with van der Waals surface area (Å²) in [5.74, 6) is 0. The van der Waals surface area contributed by atoms with Gasteiger partial charge in [-0.3, -0.25) is 4.98 Å². The molecule has 0 aromatic carbocycles. The van der Waals surface area contributed by atoms with E-state index in [1.807, 2.05) is 12.4 Å². The first-order chi connectivity index (χ1) is 7.22. The number of halogens is 1. The summed E-state index contributed by atoms with van der Waals surface area (Å²) < 4.78 is 1.04. The van der Waals surface area contributed by atoms with E-state index in [1.165, 1.54) is 5.56 Å². The van der Waals surface area contributed by atoms with Crippen molar-refractivity contribution in [3.8, 4) is 0 Å². The maximum Gasteiger partial charge on any atom is 0.0410 e. The van der Waals surface area contributed by atoms with E-state index in [2.05, 4.69) is 51.2 Å². The zero-order valence-corrected chi connectivity index (χ0v) is 10.9. The van der Waals surface area contributed by atoms with Crippen molar-refractivity contribution in [1.29, 1.82) is 0 Å². The maximum absolute atomic E-state index is 4.14. The first-order valence-electron chi connectivity index (χ1n) is 5.21. The number of hydrogen-bond acceptors (Lipinski definition) is 3. The van der Waals surface area contributed by atoms with E-state index < -0.39 is 0 Å². The Bertz CT molecular complexity index is 291. The second-order valence-corrected chi connectivity index (χ2v) is 4.52. The number of nitrogens with zero attached hydrogens (tertiary/aromatic N) is 2. The lowest BCUT2D eigenvalue weighted by Crippen LogP contribution is -2.28. The van der Waals surface area contributed by atoms with Gasteiger partial charge in [0.25, 0.3) is 0 Å². The first-order valence-corrected chi connectivity index (χ1v) is 6.00. The van der Waals surface area contributed by atoms with E-state index in [1.54, 1.807) is 0 Å². The number of aromatic nitrogens is 1. The fourth-order valence-electron chi connectivity index (χ4n) is 1.38. The molecular formula is C11H18BrN3. The summed E-state index contributed by atoms with van der Waals surface area (Å²) in [7, 11) is 2.12. The van der Waals surface area contributed by atoms with E-state index in [4.69, 9.17) is 0 Å². The molecule has 1 heterocycles. The number of nitrogens with one attached hydrogen (secondary N) is 1. The van der Waals surface area contributed by atoms with E-state index in [-0.39, 0.29) is 0 Å². The Morgan fingerprint density at radius 2 is 2.27 bits per heavy atom. The van der Waals surface area contributed by atoms with Crippen LogP contribution in [-0.4, -0.2) is 36.6 Å². The van der Waals surface area contributed by atoms with Crippen molar-refractivity contribution in [3.63, 3.8) is 0 Å². The van der Waals surface area contributed by atoms with Gasteiger partial charge in [-0.05, 0) is 41.2 Å². The Labute approximate surface area is 100 Å². The van der Waals surface area contributed by atoms with Crippen LogP contribution in [0.5, 0.6) is 0 Å². The van der Waals surface area contributed by atoms with Crippen molar-refractivity contribution < 1.29 is 0 Å². The van der Waals surface area contributed by atoms with Gasteiger partial charge in [0.15, 0.2) is 0 Å². The third-order valence-corrected chi connectivity index (χ3v) is 2.57. The molecule has 0 amide bonds. The van der Waals surface area contributed by atoms with Gasteiger partial charge in [-0.15, -0.1) is 0 Å². The minimum atomic E-state index is 0.942. The number of hydrogen-bond donors (Lipinski definition) is 1. The molecule has 0 fully saturated rings. The molecule has 0 aliphatic heterocycles. The van der Waals surface area contributed by atoms with E-state index in [9.17, 15) is 0 Å². The highest BCUT2D eigenvalue weighted by molar-refractivity contribution is 9.10. The van der Waals surface area contributed by atoms with Crippen LogP contribution in [0.1, 0.15) is 12.5 Å². The molecular weight excluding hydrogens is 254 g/mol. The summed E-state index contributed by atoms with van der Waals surface area (Å²) in [4.78, 5) is 6.43. The quantitative estimate of drug-likeness (QED) is 0.801. The Morgan fingerprint density at radius 1 is 1.47 bits per heavy atom. The molecule has 0 atom stereocenters. The van der Waals surface area contributed by atoms with Crippen LogP contribution in [0.25, 0.3) is 0 Å². The molecule has 0 aliphatic rings. The molecule has 3 nitrogen and oxygen atoms in total. The first kappa shape index (κ1) is 12.6. The van der Waals surface area contributed by atoms with Gasteiger partial charge in [-0.25, -0.2) is 0 Å². The summed E-state index contributed by atoms with van der Waals surface area (Å²) in [6.45, 7) is 6.19. The summed E-state index contributed by atoms with van der Waals surface area (Å²) in [6, 6.07) is 2.11. The fourth-order valence-corrected chi connectivity index (χ4v) is 1.79. The highest BCUT2D eigenvalue weighted by atomic mass is 79.9. The highest BCUT2D eigenvalue weighted by Gasteiger charge is 2.00. The Morgan fingerprint density at radius 3 is 2.93 bits per heavy atom. The van der Waals surface area contributed by atoms with Gasteiger partial charge < -0.3 is 10.2 Å². The topological polar surface area (TPSA) is 28.2 Å². The van der Waals surface area contributed by atoms with Crippen LogP contribution in [-0.2, 0) is 6.54 Å². The molecule has 0 aliphatic carbocycles. The van der Waals surface area contributed by atoms with Gasteiger partial charge in [-0.2, -0.15) is 0 Å². The Kier molecular flexibility index (Phi) is 5.83. The molecule has 0 radical (unpaired) electrons. The largest absolute Gasteiger partial charge is 0.316 e. The van der Waals surface area contributed by atoms with Crippen LogP contribution in [0.15, 0.2) is 22.9 Å². The smallest absolute Gasteiger partial charge is 0.0410 e. The van der Waals surface area contributed by atoms with Crippen LogP contribution in [0.2, 0.25) is 0 Å². The summed E-state index contributed by atoms with van der Waals surface area (Å²) in [6.07, 6.45) is 3.72. The normalized spacial score (nSPS) is 10.9. The van der Waals surface area contributed by atoms with E-state index in [0.29, 0.717) is 0 Å². The zero-order valence-electron chi connectivity index (χ0n) is 9.33. The van der Waals surface area contributed by atoms with Gasteiger partial charge in [-0.1, -0.05) is 6.92 Å². The second kappa shape index (κ2) is 6.93. The molecule has 84 valence electrons. The van der Waals surface area contributed by atoms with Crippen molar-refractivity contribution in [2.24, 2.45) is 0 Å². The maximum atomic E-state index is 4.14. The molecule has 0 saturated heterocycles. The molecule has 1 rings (SSSR count). The molecule has 15 heavy (non-hydrogen) atoms. The predicted molar refractivity (Wildman–Crippen MR) is 66.8 cm³/mol. The van der Waals surface area contributed by atoms with Crippen LogP contribution >= 0.6 is 15.9 Å². The average Bonchev–Trinajstić information content (AvgIpc) is 2.18. The number of rotatable bonds is 6. The zero-order chi connectivity index (χ0) is 11.1. The number of pyridine rings is 1. The van der Waals surface area contributed by atoms with Gasteiger partial charge >= 0.3 is 0 Å². The molecule has 0 spiro atoms. The lowest BCUT2D eigenvalue weighted by Gasteiger charge is -2.16. The molecule has 1 aromatic rings. The SMILES string of the molecule is CCNCCN(C)Cc1cncc(Br)c1. The van der Waals surface area contributed by atoms with Crippen LogP contribution in [0.4, 0.5) is 0 Å². The third-order valence-electron chi connectivity index (χ3n) is 2.13. The monoisotopic (exact) mass is 271 g/mol. The standard InChI is InChI=1S/C11H18BrN3/c1-3-13-4-5-15(2)9-10-6-11(12)8-14-7-10/h6-8,13H,3-5,9H2,1-2H3. The lowest BCUT2D eigenvalue weighted by atomic mass is 10.3. The van der Waals surface area contributed by atoms with Crippen molar-refractivity contribution in [1.82, 2.24) is 15.2 Å². The minimum absolute atomic E-state index is 0.942. The van der Waals surface area contributed by atoms with Crippen LogP contribution < -0.4 is 5.32 Å². The summed E-state index contributed by atoms with van der Waals surface area (Å²) >= 11 is 3.42. The summed E-state index contributed by atoms with van der Waals surface area (Å²) in [5.41, 5.74) is 1.24. The minimum Gasteiger partial charge on any atom is -0.316 e. The van der Waals surface area contributed by atoms with Crippen molar-refractivity contribution in [2.75, 3.05) is 26.7 Å². The molecule has 1 aromatic heterocycles. The fraction of sp³-hybridized carbons (Fsp3) is 0.545. The van der Waals surface area contributed by atoms with Crippen LogP contribution in [0.3, 0.4) is 0 Å². The van der Waals surface area contributed by atoms with Gasteiger partial charge in [0.2, 0.25) is 0 Å². The Hall–Kier alpha value is -0.450. The summed E-state index contributed by atoms with van der Waals surface area (Å²) in [5, 5.41) is 3.31. The Balaban J connectivity index is 2.34. The molecule has 0 unspecified atom stereocenters. The van der Waals surface area contributed by atoms with Gasteiger partial charge in [0.1, 0.15) is 0 Å². The average molecular weight is 272 g/mol. The molecule has 0 bridgehead atoms. The van der Waals surface area contributed by atoms with Crippen molar-refractivity contribution >= 4 is 15.9 Å². The molecule has 0 saturated carbocycles. The molecule has 1 N–H and O–H groups in total. The molecule has 4 heteroatoms.